The number of halogens is 1. The summed E-state index contributed by atoms with van der Waals surface area (Å²) in [4.78, 5) is 12.3. The first-order chi connectivity index (χ1) is 13.0. The molecule has 0 unspecified atom stereocenters. The van der Waals surface area contributed by atoms with Crippen molar-refractivity contribution in [2.75, 3.05) is 18.4 Å². The van der Waals surface area contributed by atoms with E-state index in [-0.39, 0.29) is 10.8 Å². The highest BCUT2D eigenvalue weighted by molar-refractivity contribution is 7.89. The summed E-state index contributed by atoms with van der Waals surface area (Å²) in [5.74, 6) is -0.318. The van der Waals surface area contributed by atoms with Crippen molar-refractivity contribution in [3.8, 4) is 0 Å². The molecule has 0 bridgehead atoms. The zero-order chi connectivity index (χ0) is 19.3. The van der Waals surface area contributed by atoms with Crippen LogP contribution >= 0.6 is 11.6 Å². The Labute approximate surface area is 164 Å². The van der Waals surface area contributed by atoms with Crippen molar-refractivity contribution in [3.63, 3.8) is 0 Å². The molecule has 1 amide bonds. The van der Waals surface area contributed by atoms with Gasteiger partial charge in [0.1, 0.15) is 0 Å². The molecule has 0 radical (unpaired) electrons. The minimum atomic E-state index is -3.47. The Hall–Kier alpha value is -2.15. The number of anilines is 1. The molecule has 0 spiro atoms. The van der Waals surface area contributed by atoms with Gasteiger partial charge in [-0.2, -0.15) is 4.31 Å². The van der Waals surface area contributed by atoms with Gasteiger partial charge in [-0.25, -0.2) is 8.42 Å². The van der Waals surface area contributed by atoms with Crippen LogP contribution in [0.3, 0.4) is 0 Å². The zero-order valence-electron chi connectivity index (χ0n) is 14.8. The molecule has 1 saturated heterocycles. The van der Waals surface area contributed by atoms with E-state index in [9.17, 15) is 13.2 Å². The second-order valence-electron chi connectivity index (χ2n) is 6.33. The van der Waals surface area contributed by atoms with E-state index in [1.54, 1.807) is 24.3 Å². The molecule has 2 aromatic rings. The number of nitrogens with one attached hydrogen (secondary N) is 1. The summed E-state index contributed by atoms with van der Waals surface area (Å²) in [5, 5.41) is 3.28. The molecule has 2 aromatic carbocycles. The van der Waals surface area contributed by atoms with Gasteiger partial charge in [0.05, 0.1) is 4.90 Å². The summed E-state index contributed by atoms with van der Waals surface area (Å²) in [6, 6.07) is 13.5. The van der Waals surface area contributed by atoms with Gasteiger partial charge in [-0.15, -0.1) is 0 Å². The molecule has 0 aliphatic carbocycles. The van der Waals surface area contributed by atoms with Gasteiger partial charge in [-0.3, -0.25) is 4.79 Å². The van der Waals surface area contributed by atoms with Gasteiger partial charge in [0.2, 0.25) is 15.9 Å². The van der Waals surface area contributed by atoms with Gasteiger partial charge in [-0.05, 0) is 54.8 Å². The van der Waals surface area contributed by atoms with E-state index < -0.39 is 10.0 Å². The second-order valence-corrected chi connectivity index (χ2v) is 8.68. The van der Waals surface area contributed by atoms with Gasteiger partial charge in [0.15, 0.2) is 0 Å². The fourth-order valence-corrected chi connectivity index (χ4v) is 4.64. The lowest BCUT2D eigenvalue weighted by molar-refractivity contribution is -0.111. The Bertz CT molecular complexity index is 934. The quantitative estimate of drug-likeness (QED) is 0.760. The predicted octanol–water partition coefficient (Wildman–Crippen LogP) is 4.17. The van der Waals surface area contributed by atoms with E-state index in [0.717, 1.165) is 24.8 Å². The molecular weight excluding hydrogens is 384 g/mol. The van der Waals surface area contributed by atoms with Crippen LogP contribution < -0.4 is 5.32 Å². The van der Waals surface area contributed by atoms with E-state index in [2.05, 4.69) is 5.32 Å². The zero-order valence-corrected chi connectivity index (χ0v) is 16.3. The molecule has 7 heteroatoms. The number of piperidine rings is 1. The van der Waals surface area contributed by atoms with E-state index in [4.69, 9.17) is 11.6 Å². The highest BCUT2D eigenvalue weighted by Gasteiger charge is 2.25. The molecule has 1 N–H and O–H groups in total. The Morgan fingerprint density at radius 1 is 1.00 bits per heavy atom. The molecule has 0 aromatic heterocycles. The number of hydrogen-bond donors (Lipinski definition) is 1. The first kappa shape index (κ1) is 19.6. The van der Waals surface area contributed by atoms with Crippen LogP contribution in [0.15, 0.2) is 59.5 Å². The maximum Gasteiger partial charge on any atom is 0.248 e. The number of sulfonamides is 1. The molecule has 1 aliphatic rings. The Kier molecular flexibility index (Phi) is 6.31. The average molecular weight is 405 g/mol. The predicted molar refractivity (Wildman–Crippen MR) is 108 cm³/mol. The van der Waals surface area contributed by atoms with Gasteiger partial charge < -0.3 is 5.32 Å². The largest absolute Gasteiger partial charge is 0.323 e. The molecule has 1 heterocycles. The van der Waals surface area contributed by atoms with Gasteiger partial charge in [0.25, 0.3) is 0 Å². The maximum atomic E-state index is 12.6. The minimum absolute atomic E-state index is 0.244. The molecule has 27 heavy (non-hydrogen) atoms. The van der Waals surface area contributed by atoms with Crippen LogP contribution in [-0.2, 0) is 14.8 Å². The molecule has 3 rings (SSSR count). The lowest BCUT2D eigenvalue weighted by Crippen LogP contribution is -2.35. The van der Waals surface area contributed by atoms with E-state index in [1.165, 1.54) is 22.5 Å². The normalized spacial score (nSPS) is 15.7. The molecule has 1 fully saturated rings. The molecule has 0 atom stereocenters. The van der Waals surface area contributed by atoms with Crippen molar-refractivity contribution in [2.45, 2.75) is 24.2 Å². The summed E-state index contributed by atoms with van der Waals surface area (Å²) in [6.07, 6.45) is 5.88. The van der Waals surface area contributed by atoms with Crippen LogP contribution in [0.2, 0.25) is 5.02 Å². The Balaban J connectivity index is 1.65. The lowest BCUT2D eigenvalue weighted by Gasteiger charge is -2.25. The third-order valence-electron chi connectivity index (χ3n) is 4.39. The number of nitrogens with zero attached hydrogens (tertiary/aromatic N) is 1. The molecule has 5 nitrogen and oxygen atoms in total. The van der Waals surface area contributed by atoms with Gasteiger partial charge in [-0.1, -0.05) is 36.2 Å². The second kappa shape index (κ2) is 8.69. The SMILES string of the molecule is O=C(C=Cc1ccccc1Cl)Nc1ccc(S(=O)(=O)N2CCCCC2)cc1. The standard InChI is InChI=1S/C20H21ClN2O3S/c21-19-7-3-2-6-16(19)8-13-20(24)22-17-9-11-18(12-10-17)27(25,26)23-14-4-1-5-15-23/h2-3,6-13H,1,4-5,14-15H2,(H,22,24). The van der Waals surface area contributed by atoms with Crippen molar-refractivity contribution < 1.29 is 13.2 Å². The summed E-state index contributed by atoms with van der Waals surface area (Å²) >= 11 is 6.05. The summed E-state index contributed by atoms with van der Waals surface area (Å²) < 4.78 is 26.8. The number of benzene rings is 2. The number of hydrogen-bond acceptors (Lipinski definition) is 3. The van der Waals surface area contributed by atoms with Crippen LogP contribution in [0.4, 0.5) is 5.69 Å². The van der Waals surface area contributed by atoms with Gasteiger partial charge >= 0.3 is 0 Å². The summed E-state index contributed by atoms with van der Waals surface area (Å²) in [5.41, 5.74) is 1.28. The highest BCUT2D eigenvalue weighted by atomic mass is 35.5. The monoisotopic (exact) mass is 404 g/mol. The number of rotatable bonds is 5. The van der Waals surface area contributed by atoms with Crippen molar-refractivity contribution in [1.29, 1.82) is 0 Å². The summed E-state index contributed by atoms with van der Waals surface area (Å²) in [6.45, 7) is 1.13. The van der Waals surface area contributed by atoms with Crippen molar-refractivity contribution in [3.05, 3.63) is 65.2 Å². The molecule has 142 valence electrons. The maximum absolute atomic E-state index is 12.6. The third-order valence-corrected chi connectivity index (χ3v) is 6.65. The fraction of sp³-hybridized carbons (Fsp3) is 0.250. The molecule has 0 saturated carbocycles. The van der Waals surface area contributed by atoms with Crippen molar-refractivity contribution in [2.24, 2.45) is 0 Å². The number of amides is 1. The first-order valence-corrected chi connectivity index (χ1v) is 10.6. The number of carbonyl (C=O) groups excluding carboxylic acids is 1. The molecular formula is C20H21ClN2O3S. The van der Waals surface area contributed by atoms with Crippen molar-refractivity contribution in [1.82, 2.24) is 4.31 Å². The van der Waals surface area contributed by atoms with Crippen LogP contribution in [0.5, 0.6) is 0 Å². The van der Waals surface area contributed by atoms with Crippen LogP contribution in [0, 0.1) is 0 Å². The Morgan fingerprint density at radius 2 is 1.67 bits per heavy atom. The van der Waals surface area contributed by atoms with Crippen molar-refractivity contribution >= 4 is 39.3 Å². The minimum Gasteiger partial charge on any atom is -0.323 e. The third kappa shape index (κ3) is 4.97. The smallest absolute Gasteiger partial charge is 0.248 e. The first-order valence-electron chi connectivity index (χ1n) is 8.80. The van der Waals surface area contributed by atoms with Crippen LogP contribution in [0.25, 0.3) is 6.08 Å². The average Bonchev–Trinajstić information content (AvgIpc) is 2.68. The number of carbonyl (C=O) groups is 1. The molecule has 1 aliphatic heterocycles. The van der Waals surface area contributed by atoms with E-state index >= 15 is 0 Å². The lowest BCUT2D eigenvalue weighted by atomic mass is 10.2. The Morgan fingerprint density at radius 3 is 2.33 bits per heavy atom. The van der Waals surface area contributed by atoms with E-state index in [0.29, 0.717) is 23.8 Å². The summed E-state index contributed by atoms with van der Waals surface area (Å²) in [7, 11) is -3.47. The van der Waals surface area contributed by atoms with E-state index in [1.807, 2.05) is 18.2 Å². The highest BCUT2D eigenvalue weighted by Crippen LogP contribution is 2.22. The van der Waals surface area contributed by atoms with Crippen LogP contribution in [0.1, 0.15) is 24.8 Å². The van der Waals surface area contributed by atoms with Gasteiger partial charge in [0, 0.05) is 29.9 Å². The fourth-order valence-electron chi connectivity index (χ4n) is 2.92. The van der Waals surface area contributed by atoms with Crippen LogP contribution in [-0.4, -0.2) is 31.7 Å². The topological polar surface area (TPSA) is 66.5 Å².